The van der Waals surface area contributed by atoms with Crippen molar-refractivity contribution in [2.45, 2.75) is 6.04 Å². The molecule has 0 spiro atoms. The van der Waals surface area contributed by atoms with Crippen LogP contribution in [0.1, 0.15) is 15.9 Å². The van der Waals surface area contributed by atoms with Crippen molar-refractivity contribution >= 4 is 52.2 Å². The third-order valence-corrected chi connectivity index (χ3v) is 4.71. The largest absolute Gasteiger partial charge is 0.548 e. The van der Waals surface area contributed by atoms with E-state index in [-0.39, 0.29) is 11.5 Å². The molecule has 1 heterocycles. The number of aliphatic carboxylic acids is 1. The topological polar surface area (TPSA) is 110 Å². The van der Waals surface area contributed by atoms with E-state index in [1.165, 1.54) is 28.8 Å². The molecule has 0 radical (unpaired) electrons. The first-order chi connectivity index (χ1) is 11.3. The monoisotopic (exact) mass is 365 g/mol. The Hall–Kier alpha value is -2.23. The molecule has 1 atom stereocenters. The fourth-order valence-electron chi connectivity index (χ4n) is 1.85. The number of likely N-dealkylation sites (N-methyl/N-ethyl adjacent to an activating group) is 1. The highest BCUT2D eigenvalue weighted by Gasteiger charge is 2.28. The zero-order chi connectivity index (χ0) is 17.9. The summed E-state index contributed by atoms with van der Waals surface area (Å²) in [7, 11) is 1.60. The van der Waals surface area contributed by atoms with Crippen molar-refractivity contribution in [3.63, 3.8) is 0 Å². The zero-order valence-corrected chi connectivity index (χ0v) is 14.1. The molecule has 0 unspecified atom stereocenters. The second-order valence-electron chi connectivity index (χ2n) is 4.89. The maximum Gasteiger partial charge on any atom is 0.265 e. The number of carboxylic acid groups (broad SMARTS) is 1. The summed E-state index contributed by atoms with van der Waals surface area (Å²) in [5, 5.41) is 21.7. The summed E-state index contributed by atoms with van der Waals surface area (Å²) in [4.78, 5) is 36.4. The number of nitrogens with one attached hydrogen (secondary N) is 1. The molecule has 2 N–H and O–H groups in total. The maximum absolute atomic E-state index is 11.9. The van der Waals surface area contributed by atoms with Gasteiger partial charge in [0.2, 0.25) is 0 Å². The summed E-state index contributed by atoms with van der Waals surface area (Å²) in [6, 6.07) is 4.73. The molecule has 9 heteroatoms. The lowest BCUT2D eigenvalue weighted by molar-refractivity contribution is -0.308. The van der Waals surface area contributed by atoms with Crippen molar-refractivity contribution in [2.75, 3.05) is 13.7 Å². The fraction of sp³-hybridized carbons (Fsp3) is 0.200. The molecule has 24 heavy (non-hydrogen) atoms. The summed E-state index contributed by atoms with van der Waals surface area (Å²) in [5.74, 6) is -2.40. The first-order valence-electron chi connectivity index (χ1n) is 6.77. The number of hydrogen-bond acceptors (Lipinski definition) is 7. The molecule has 1 aromatic rings. The van der Waals surface area contributed by atoms with E-state index < -0.39 is 24.5 Å². The Morgan fingerprint density at radius 3 is 2.50 bits per heavy atom. The fourth-order valence-corrected chi connectivity index (χ4v) is 3.03. The lowest BCUT2D eigenvalue weighted by atomic mass is 10.1. The van der Waals surface area contributed by atoms with E-state index in [0.29, 0.717) is 14.8 Å². The molecule has 2 rings (SSSR count). The minimum Gasteiger partial charge on any atom is -0.548 e. The molecule has 1 saturated heterocycles. The van der Waals surface area contributed by atoms with Gasteiger partial charge in [-0.2, -0.15) is 0 Å². The Morgan fingerprint density at radius 2 is 2.04 bits per heavy atom. The third kappa shape index (κ3) is 3.99. The predicted octanol–water partition coefficient (Wildman–Crippen LogP) is -0.642. The number of thioether (sulfide) groups is 1. The van der Waals surface area contributed by atoms with Crippen LogP contribution in [0.25, 0.3) is 6.08 Å². The number of rotatable bonds is 5. The van der Waals surface area contributed by atoms with Crippen molar-refractivity contribution in [2.24, 2.45) is 0 Å². The van der Waals surface area contributed by atoms with Crippen LogP contribution < -0.4 is 10.4 Å². The Balaban J connectivity index is 2.11. The van der Waals surface area contributed by atoms with Crippen LogP contribution in [0.5, 0.6) is 0 Å². The van der Waals surface area contributed by atoms with Gasteiger partial charge in [0, 0.05) is 12.6 Å². The molecule has 7 nitrogen and oxygen atoms in total. The zero-order valence-electron chi connectivity index (χ0n) is 12.5. The van der Waals surface area contributed by atoms with E-state index in [1.54, 1.807) is 25.3 Å². The van der Waals surface area contributed by atoms with Crippen LogP contribution in [0, 0.1) is 0 Å². The molecule has 1 aromatic carbocycles. The van der Waals surface area contributed by atoms with E-state index in [4.69, 9.17) is 17.3 Å². The van der Waals surface area contributed by atoms with E-state index in [1.807, 2.05) is 0 Å². The molecule has 0 bridgehead atoms. The van der Waals surface area contributed by atoms with Crippen molar-refractivity contribution in [3.05, 3.63) is 40.3 Å². The highest BCUT2D eigenvalue weighted by Crippen LogP contribution is 2.31. The van der Waals surface area contributed by atoms with Crippen LogP contribution in [0.4, 0.5) is 0 Å². The average Bonchev–Trinajstić information content (AvgIpc) is 2.79. The second kappa shape index (κ2) is 7.56. The van der Waals surface area contributed by atoms with E-state index >= 15 is 0 Å². The number of aliphatic hydroxyl groups excluding tert-OH is 1. The number of carboxylic acids is 1. The number of thiocarbonyl (C=S) groups is 1. The lowest BCUT2D eigenvalue weighted by Crippen LogP contribution is -2.50. The van der Waals surface area contributed by atoms with Crippen molar-refractivity contribution in [1.29, 1.82) is 0 Å². The quantitative estimate of drug-likeness (QED) is 0.527. The molecule has 0 saturated carbocycles. The standard InChI is InChI=1S/C15H14N2O5S2/c1-17-13(20)11(24-15(17)23)6-8-2-4-9(5-3-8)12(19)16-10(7-18)14(21)22/h2-6,10,18H,7H2,1H3,(H,16,19)(H,21,22)/p-1/b11-6+/t10-/m0/s1. The lowest BCUT2D eigenvalue weighted by Gasteiger charge is -2.16. The molecule has 0 aromatic heterocycles. The van der Waals surface area contributed by atoms with Gasteiger partial charge >= 0.3 is 0 Å². The van der Waals surface area contributed by atoms with Crippen LogP contribution in [0.3, 0.4) is 0 Å². The van der Waals surface area contributed by atoms with Gasteiger partial charge in [-0.25, -0.2) is 0 Å². The van der Waals surface area contributed by atoms with Crippen LogP contribution in [0.2, 0.25) is 0 Å². The van der Waals surface area contributed by atoms with E-state index in [2.05, 4.69) is 5.32 Å². The van der Waals surface area contributed by atoms with Crippen molar-refractivity contribution in [1.82, 2.24) is 10.2 Å². The van der Waals surface area contributed by atoms with Gasteiger partial charge in [-0.3, -0.25) is 14.5 Å². The summed E-state index contributed by atoms with van der Waals surface area (Å²) in [6.45, 7) is -0.759. The summed E-state index contributed by atoms with van der Waals surface area (Å²) in [5.41, 5.74) is 0.911. The highest BCUT2D eigenvalue weighted by atomic mass is 32.2. The van der Waals surface area contributed by atoms with Gasteiger partial charge in [0.15, 0.2) is 0 Å². The molecular formula is C15H13N2O5S2-. The summed E-state index contributed by atoms with van der Waals surface area (Å²) in [6.07, 6.45) is 1.65. The molecule has 1 aliphatic heterocycles. The van der Waals surface area contributed by atoms with Crippen LogP contribution in [0.15, 0.2) is 29.2 Å². The molecule has 126 valence electrons. The number of hydrogen-bond donors (Lipinski definition) is 2. The van der Waals surface area contributed by atoms with Gasteiger partial charge in [0.25, 0.3) is 11.8 Å². The number of nitrogens with zero attached hydrogens (tertiary/aromatic N) is 1. The molecular weight excluding hydrogens is 352 g/mol. The SMILES string of the molecule is CN1C(=O)/C(=C\c2ccc(C(=O)N[C@@H](CO)C(=O)[O-])cc2)SC1=S. The number of aliphatic hydroxyl groups is 1. The molecule has 1 fully saturated rings. The van der Waals surface area contributed by atoms with E-state index in [0.717, 1.165) is 0 Å². The van der Waals surface area contributed by atoms with Gasteiger partial charge < -0.3 is 20.3 Å². The molecule has 0 aliphatic carbocycles. The number of carbonyl (C=O) groups excluding carboxylic acids is 3. The minimum atomic E-state index is -1.57. The Morgan fingerprint density at radius 1 is 1.42 bits per heavy atom. The summed E-state index contributed by atoms with van der Waals surface area (Å²) >= 11 is 6.23. The Labute approximate surface area is 147 Å². The molecule has 2 amide bonds. The highest BCUT2D eigenvalue weighted by molar-refractivity contribution is 8.26. The minimum absolute atomic E-state index is 0.188. The third-order valence-electron chi connectivity index (χ3n) is 3.23. The predicted molar refractivity (Wildman–Crippen MR) is 90.7 cm³/mol. The number of benzene rings is 1. The Bertz CT molecular complexity index is 730. The second-order valence-corrected chi connectivity index (χ2v) is 6.57. The maximum atomic E-state index is 11.9. The van der Waals surface area contributed by atoms with Crippen LogP contribution in [-0.4, -0.2) is 51.8 Å². The first kappa shape index (κ1) is 18.1. The van der Waals surface area contributed by atoms with Gasteiger partial charge in [0.05, 0.1) is 23.5 Å². The average molecular weight is 365 g/mol. The van der Waals surface area contributed by atoms with E-state index in [9.17, 15) is 19.5 Å². The van der Waals surface area contributed by atoms with Gasteiger partial charge in [-0.05, 0) is 23.8 Å². The normalized spacial score (nSPS) is 17.2. The van der Waals surface area contributed by atoms with Gasteiger partial charge in [-0.1, -0.05) is 36.1 Å². The van der Waals surface area contributed by atoms with Crippen molar-refractivity contribution in [3.8, 4) is 0 Å². The van der Waals surface area contributed by atoms with Crippen molar-refractivity contribution < 1.29 is 24.6 Å². The van der Waals surface area contributed by atoms with Crippen LogP contribution >= 0.6 is 24.0 Å². The summed E-state index contributed by atoms with van der Waals surface area (Å²) < 4.78 is 0.472. The van der Waals surface area contributed by atoms with Gasteiger partial charge in [0.1, 0.15) is 4.32 Å². The van der Waals surface area contributed by atoms with Gasteiger partial charge in [-0.15, -0.1) is 0 Å². The molecule has 1 aliphatic rings. The first-order valence-corrected chi connectivity index (χ1v) is 8.00. The van der Waals surface area contributed by atoms with Crippen LogP contribution in [-0.2, 0) is 9.59 Å². The number of carbonyl (C=O) groups is 3. The Kier molecular flexibility index (Phi) is 5.71. The smallest absolute Gasteiger partial charge is 0.265 e. The number of amides is 2.